The highest BCUT2D eigenvalue weighted by Crippen LogP contribution is 2.43. The normalized spacial score (nSPS) is 17.6. The number of aromatic nitrogens is 1. The van der Waals surface area contributed by atoms with Gasteiger partial charge in [-0.25, -0.2) is 4.98 Å². The van der Waals surface area contributed by atoms with E-state index in [1.165, 1.54) is 42.1 Å². The molecule has 0 spiro atoms. The van der Waals surface area contributed by atoms with Crippen LogP contribution < -0.4 is 16.0 Å². The zero-order valence-corrected chi connectivity index (χ0v) is 31.0. The topological polar surface area (TPSA) is 62.1 Å². The molecule has 0 amide bonds. The molecule has 8 aromatic carbocycles. The van der Waals surface area contributed by atoms with E-state index in [-0.39, 0.29) is 18.5 Å². The van der Waals surface area contributed by atoms with E-state index in [2.05, 4.69) is 180 Å². The Kier molecular flexibility index (Phi) is 7.16. The summed E-state index contributed by atoms with van der Waals surface area (Å²) in [4.78, 5) is 5.18. The quantitative estimate of drug-likeness (QED) is 0.157. The number of nitrogens with zero attached hydrogens (tertiary/aromatic N) is 1. The first-order valence-corrected chi connectivity index (χ1v) is 20.0. The Labute approximate surface area is 326 Å². The van der Waals surface area contributed by atoms with Gasteiger partial charge in [-0.1, -0.05) is 146 Å². The average molecular weight is 739 g/mol. The molecule has 56 heavy (non-hydrogen) atoms. The van der Waals surface area contributed by atoms with E-state index in [9.17, 15) is 0 Å². The molecule has 3 unspecified atom stereocenters. The van der Waals surface area contributed by atoms with E-state index in [1.807, 2.05) is 17.4 Å². The van der Waals surface area contributed by atoms with Gasteiger partial charge in [0.1, 0.15) is 11.2 Å². The largest absolute Gasteiger partial charge is 0.455 e. The van der Waals surface area contributed by atoms with Gasteiger partial charge in [0, 0.05) is 58.2 Å². The number of fused-ring (bicyclic) bond motifs is 11. The minimum atomic E-state index is -0.239. The zero-order valence-electron chi connectivity index (χ0n) is 30.2. The van der Waals surface area contributed by atoms with Gasteiger partial charge in [-0.2, -0.15) is 0 Å². The predicted octanol–water partition coefficient (Wildman–Crippen LogP) is 12.7. The third-order valence-electron chi connectivity index (χ3n) is 11.6. The Morgan fingerprint density at radius 2 is 1.07 bits per heavy atom. The lowest BCUT2D eigenvalue weighted by Crippen LogP contribution is -2.54. The number of rotatable bonds is 4. The van der Waals surface area contributed by atoms with Gasteiger partial charge in [0.05, 0.1) is 29.7 Å². The predicted molar refractivity (Wildman–Crippen MR) is 233 cm³/mol. The van der Waals surface area contributed by atoms with Crippen molar-refractivity contribution in [2.45, 2.75) is 18.5 Å². The van der Waals surface area contributed by atoms with Crippen LogP contribution >= 0.6 is 11.3 Å². The first kappa shape index (κ1) is 31.9. The Bertz CT molecular complexity index is 3330. The fourth-order valence-electron chi connectivity index (χ4n) is 8.98. The minimum absolute atomic E-state index is 0.149. The van der Waals surface area contributed by atoms with Crippen LogP contribution in [-0.2, 0) is 0 Å². The second-order valence-electron chi connectivity index (χ2n) is 14.8. The van der Waals surface area contributed by atoms with Gasteiger partial charge in [0.25, 0.3) is 0 Å². The van der Waals surface area contributed by atoms with Gasteiger partial charge in [-0.15, -0.1) is 11.3 Å². The van der Waals surface area contributed by atoms with Crippen LogP contribution in [0.25, 0.3) is 85.8 Å². The van der Waals surface area contributed by atoms with Crippen LogP contribution in [0.1, 0.15) is 35.2 Å². The Morgan fingerprint density at radius 3 is 1.98 bits per heavy atom. The van der Waals surface area contributed by atoms with Crippen LogP contribution in [0.15, 0.2) is 174 Å². The molecule has 12 rings (SSSR count). The van der Waals surface area contributed by atoms with E-state index < -0.39 is 0 Å². The van der Waals surface area contributed by atoms with Crippen molar-refractivity contribution in [1.29, 1.82) is 0 Å². The second kappa shape index (κ2) is 12.6. The van der Waals surface area contributed by atoms with E-state index in [1.54, 1.807) is 0 Å². The number of thiophene rings is 1. The van der Waals surface area contributed by atoms with Crippen molar-refractivity contribution in [1.82, 2.24) is 20.9 Å². The maximum Gasteiger partial charge on any atom is 0.144 e. The van der Waals surface area contributed by atoms with Crippen molar-refractivity contribution >= 4 is 85.9 Å². The molecule has 11 aromatic rings. The first-order chi connectivity index (χ1) is 27.7. The molecule has 0 aliphatic carbocycles. The van der Waals surface area contributed by atoms with Crippen LogP contribution in [0, 0.1) is 0 Å². The molecular formula is C50H34N4OS. The number of hydrogen-bond acceptors (Lipinski definition) is 6. The third-order valence-corrected chi connectivity index (χ3v) is 12.7. The smallest absolute Gasteiger partial charge is 0.144 e. The van der Waals surface area contributed by atoms with Crippen molar-refractivity contribution in [3.63, 3.8) is 0 Å². The lowest BCUT2D eigenvalue weighted by atomic mass is 9.97. The van der Waals surface area contributed by atoms with Crippen molar-refractivity contribution in [3.05, 3.63) is 187 Å². The molecule has 6 heteroatoms. The molecule has 0 saturated carbocycles. The number of para-hydroxylation sites is 2. The molecule has 3 atom stereocenters. The van der Waals surface area contributed by atoms with Gasteiger partial charge in [-0.05, 0) is 46.2 Å². The lowest BCUT2D eigenvalue weighted by molar-refractivity contribution is 0.204. The monoisotopic (exact) mass is 738 g/mol. The third kappa shape index (κ3) is 4.94. The van der Waals surface area contributed by atoms with Gasteiger partial charge in [0.15, 0.2) is 0 Å². The molecule has 3 N–H and O–H groups in total. The number of benzene rings is 8. The summed E-state index contributed by atoms with van der Waals surface area (Å²) in [6.07, 6.45) is -0.541. The zero-order chi connectivity index (χ0) is 36.7. The van der Waals surface area contributed by atoms with Crippen molar-refractivity contribution in [2.75, 3.05) is 0 Å². The molecule has 4 heterocycles. The maximum absolute atomic E-state index is 7.17. The summed E-state index contributed by atoms with van der Waals surface area (Å²) in [6.45, 7) is 0. The maximum atomic E-state index is 7.17. The van der Waals surface area contributed by atoms with Crippen molar-refractivity contribution in [2.24, 2.45) is 0 Å². The van der Waals surface area contributed by atoms with Crippen LogP contribution in [0.3, 0.4) is 0 Å². The summed E-state index contributed by atoms with van der Waals surface area (Å²) in [5.74, 6) is 0. The van der Waals surface area contributed by atoms with E-state index in [0.29, 0.717) is 0 Å². The van der Waals surface area contributed by atoms with E-state index in [4.69, 9.17) is 9.40 Å². The van der Waals surface area contributed by atoms with Crippen LogP contribution in [0.5, 0.6) is 0 Å². The Morgan fingerprint density at radius 1 is 0.446 bits per heavy atom. The van der Waals surface area contributed by atoms with Crippen LogP contribution in [0.2, 0.25) is 0 Å². The SMILES string of the molecule is c1ccc(-c2nc3ccccc3c3c2ccc2c4cccc(C5NC(c6ccc7c(c6)sc6ccccc67)NC(c6cccc7ccccc67)N5)c4oc23)cc1. The van der Waals surface area contributed by atoms with Crippen LogP contribution in [0.4, 0.5) is 0 Å². The van der Waals surface area contributed by atoms with Crippen molar-refractivity contribution in [3.8, 4) is 11.3 Å². The highest BCUT2D eigenvalue weighted by molar-refractivity contribution is 7.25. The van der Waals surface area contributed by atoms with Crippen LogP contribution in [-0.4, -0.2) is 4.98 Å². The highest BCUT2D eigenvalue weighted by atomic mass is 32.1. The summed E-state index contributed by atoms with van der Waals surface area (Å²) in [7, 11) is 0. The molecule has 1 saturated heterocycles. The Balaban J connectivity index is 1.05. The second-order valence-corrected chi connectivity index (χ2v) is 15.8. The summed E-state index contributed by atoms with van der Waals surface area (Å²) >= 11 is 1.85. The molecule has 3 aromatic heterocycles. The number of pyridine rings is 1. The fourth-order valence-corrected chi connectivity index (χ4v) is 10.1. The van der Waals surface area contributed by atoms with Gasteiger partial charge in [-0.3, -0.25) is 16.0 Å². The highest BCUT2D eigenvalue weighted by Gasteiger charge is 2.32. The molecule has 5 nitrogen and oxygen atoms in total. The first-order valence-electron chi connectivity index (χ1n) is 19.1. The summed E-state index contributed by atoms with van der Waals surface area (Å²) < 4.78 is 9.76. The molecule has 1 aliphatic heterocycles. The van der Waals surface area contributed by atoms with E-state index >= 15 is 0 Å². The van der Waals surface area contributed by atoms with Gasteiger partial charge < -0.3 is 4.42 Å². The number of nitrogens with one attached hydrogen (secondary N) is 3. The molecule has 0 radical (unpaired) electrons. The fraction of sp³-hybridized carbons (Fsp3) is 0.0600. The molecule has 266 valence electrons. The molecular weight excluding hydrogens is 705 g/mol. The molecule has 1 fully saturated rings. The summed E-state index contributed by atoms with van der Waals surface area (Å²) in [5.41, 5.74) is 8.21. The summed E-state index contributed by atoms with van der Waals surface area (Å²) in [5, 5.41) is 22.4. The standard InChI is InChI=1S/C50H34N4OS/c1-2-13-30(14-3-1)45-39-27-26-36-35-19-11-21-40(46(35)55-47(36)44(39)38-18-6-8-22-41(38)51-45)50-53-48(31-24-25-34-33-17-7-9-23-42(33)56-43(34)28-31)52-49(54-50)37-20-10-15-29-12-4-5-16-32(29)37/h1-28,48-50,52-54H. The summed E-state index contributed by atoms with van der Waals surface area (Å²) in [6, 6.07) is 60.6. The molecule has 1 aliphatic rings. The van der Waals surface area contributed by atoms with Gasteiger partial charge in [0.2, 0.25) is 0 Å². The lowest BCUT2D eigenvalue weighted by Gasteiger charge is -2.40. The number of hydrogen-bond donors (Lipinski definition) is 3. The van der Waals surface area contributed by atoms with Gasteiger partial charge >= 0.3 is 0 Å². The minimum Gasteiger partial charge on any atom is -0.455 e. The molecule has 0 bridgehead atoms. The Hall–Kier alpha value is -6.41. The van der Waals surface area contributed by atoms with E-state index in [0.717, 1.165) is 60.4 Å². The van der Waals surface area contributed by atoms with Crippen molar-refractivity contribution < 1.29 is 4.42 Å². The number of furan rings is 1. The average Bonchev–Trinajstić information content (AvgIpc) is 3.84.